The molecule has 3 aromatic rings. The molecule has 5 rings (SSSR count). The van der Waals surface area contributed by atoms with Crippen LogP contribution in [0.3, 0.4) is 0 Å². The lowest BCUT2D eigenvalue weighted by molar-refractivity contribution is -0.129. The molecule has 29 heavy (non-hydrogen) atoms. The summed E-state index contributed by atoms with van der Waals surface area (Å²) in [6, 6.07) is 8.34. The van der Waals surface area contributed by atoms with Crippen molar-refractivity contribution in [2.75, 3.05) is 12.3 Å². The summed E-state index contributed by atoms with van der Waals surface area (Å²) in [6.45, 7) is 1.47. The summed E-state index contributed by atoms with van der Waals surface area (Å²) in [7, 11) is 0. The van der Waals surface area contributed by atoms with Crippen molar-refractivity contribution in [1.29, 1.82) is 0 Å². The quantitative estimate of drug-likeness (QED) is 0.692. The largest absolute Gasteiger partial charge is 0.337 e. The van der Waals surface area contributed by atoms with Crippen LogP contribution in [0.2, 0.25) is 0 Å². The Balaban J connectivity index is 1.23. The number of rotatable bonds is 4. The number of amides is 1. The second-order valence-electron chi connectivity index (χ2n) is 7.73. The molecule has 2 aromatic heterocycles. The molecule has 1 N–H and O–H groups in total. The van der Waals surface area contributed by atoms with Crippen LogP contribution in [0.5, 0.6) is 0 Å². The SMILES string of the molecule is O=C(CSCc1nc2sc3c(c2c(=O)[nH]1)CCCC3)N1CCc2ccccc2C1. The molecule has 1 aromatic carbocycles. The second-order valence-corrected chi connectivity index (χ2v) is 9.80. The molecule has 1 amide bonds. The predicted molar refractivity (Wildman–Crippen MR) is 119 cm³/mol. The normalized spacial score (nSPS) is 15.9. The van der Waals surface area contributed by atoms with Crippen LogP contribution in [0.15, 0.2) is 29.1 Å². The van der Waals surface area contributed by atoms with Gasteiger partial charge < -0.3 is 9.88 Å². The summed E-state index contributed by atoms with van der Waals surface area (Å²) in [5.74, 6) is 1.77. The van der Waals surface area contributed by atoms with E-state index in [-0.39, 0.29) is 11.5 Å². The number of aromatic amines is 1. The molecule has 0 unspecified atom stereocenters. The van der Waals surface area contributed by atoms with E-state index in [1.54, 1.807) is 11.3 Å². The number of carbonyl (C=O) groups excluding carboxylic acids is 1. The van der Waals surface area contributed by atoms with Gasteiger partial charge in [-0.15, -0.1) is 23.1 Å². The standard InChI is InChI=1S/C22H23N3O2S2/c26-19(25-10-9-14-5-1-2-6-15(14)11-25)13-28-12-18-23-21(27)20-16-7-3-4-8-17(16)29-22(20)24-18/h1-2,5-6H,3-4,7-13H2,(H,23,24,27). The highest BCUT2D eigenvalue weighted by Crippen LogP contribution is 2.33. The summed E-state index contributed by atoms with van der Waals surface area (Å²) in [5.41, 5.74) is 3.78. The maximum Gasteiger partial charge on any atom is 0.259 e. The van der Waals surface area contributed by atoms with Gasteiger partial charge in [0.1, 0.15) is 10.7 Å². The lowest BCUT2D eigenvalue weighted by atomic mass is 9.97. The average Bonchev–Trinajstić information content (AvgIpc) is 3.12. The molecule has 0 bridgehead atoms. The van der Waals surface area contributed by atoms with Crippen molar-refractivity contribution in [1.82, 2.24) is 14.9 Å². The fourth-order valence-corrected chi connectivity index (χ4v) is 6.38. The summed E-state index contributed by atoms with van der Waals surface area (Å²) in [6.07, 6.45) is 5.32. The minimum atomic E-state index is -0.0241. The van der Waals surface area contributed by atoms with Crippen LogP contribution >= 0.6 is 23.1 Å². The summed E-state index contributed by atoms with van der Waals surface area (Å²) in [5, 5.41) is 0.793. The number of H-pyrrole nitrogens is 1. The Hall–Kier alpha value is -2.12. The molecule has 7 heteroatoms. The fourth-order valence-electron chi connectivity index (χ4n) is 4.31. The van der Waals surface area contributed by atoms with Crippen molar-refractivity contribution >= 4 is 39.2 Å². The summed E-state index contributed by atoms with van der Waals surface area (Å²) >= 11 is 3.19. The number of hydrogen-bond acceptors (Lipinski definition) is 5. The number of fused-ring (bicyclic) bond motifs is 4. The first-order chi connectivity index (χ1) is 14.2. The first kappa shape index (κ1) is 18.9. The minimum Gasteiger partial charge on any atom is -0.337 e. The fraction of sp³-hybridized carbons (Fsp3) is 0.409. The number of thiophene rings is 1. The molecule has 1 aliphatic heterocycles. The number of aryl methyl sites for hydroxylation is 2. The third kappa shape index (κ3) is 3.73. The number of hydrogen-bond donors (Lipinski definition) is 1. The Morgan fingerprint density at radius 2 is 2.00 bits per heavy atom. The Bertz CT molecular complexity index is 1130. The lowest BCUT2D eigenvalue weighted by Crippen LogP contribution is -2.37. The topological polar surface area (TPSA) is 66.1 Å². The maximum absolute atomic E-state index is 12.6. The van der Waals surface area contributed by atoms with Gasteiger partial charge in [0.05, 0.1) is 16.9 Å². The zero-order chi connectivity index (χ0) is 19.8. The summed E-state index contributed by atoms with van der Waals surface area (Å²) in [4.78, 5) is 37.0. The van der Waals surface area contributed by atoms with E-state index in [1.807, 2.05) is 11.0 Å². The Morgan fingerprint density at radius 1 is 1.17 bits per heavy atom. The van der Waals surface area contributed by atoms with Crippen LogP contribution in [0.25, 0.3) is 10.2 Å². The zero-order valence-electron chi connectivity index (χ0n) is 16.2. The van der Waals surface area contributed by atoms with Crippen molar-refractivity contribution in [2.45, 2.75) is 44.4 Å². The van der Waals surface area contributed by atoms with Gasteiger partial charge in [0.2, 0.25) is 5.91 Å². The third-order valence-corrected chi connectivity index (χ3v) is 7.94. The van der Waals surface area contributed by atoms with Crippen molar-refractivity contribution in [2.24, 2.45) is 0 Å². The van der Waals surface area contributed by atoms with Gasteiger partial charge in [-0.25, -0.2) is 4.98 Å². The highest BCUT2D eigenvalue weighted by molar-refractivity contribution is 7.99. The van der Waals surface area contributed by atoms with E-state index < -0.39 is 0 Å². The van der Waals surface area contributed by atoms with Gasteiger partial charge in [0, 0.05) is 18.0 Å². The number of nitrogens with zero attached hydrogens (tertiary/aromatic N) is 2. The van der Waals surface area contributed by atoms with E-state index in [0.717, 1.165) is 42.4 Å². The summed E-state index contributed by atoms with van der Waals surface area (Å²) < 4.78 is 0. The molecule has 0 atom stereocenters. The van der Waals surface area contributed by atoms with Crippen LogP contribution in [-0.4, -0.2) is 33.1 Å². The number of thioether (sulfide) groups is 1. The van der Waals surface area contributed by atoms with Crippen molar-refractivity contribution in [3.63, 3.8) is 0 Å². The van der Waals surface area contributed by atoms with Gasteiger partial charge >= 0.3 is 0 Å². The molecule has 1 aliphatic carbocycles. The van der Waals surface area contributed by atoms with Crippen LogP contribution < -0.4 is 5.56 Å². The first-order valence-corrected chi connectivity index (χ1v) is 12.1. The van der Waals surface area contributed by atoms with Crippen molar-refractivity contribution in [3.05, 3.63) is 62.0 Å². The van der Waals surface area contributed by atoms with Gasteiger partial charge in [-0.05, 0) is 48.8 Å². The molecular weight excluding hydrogens is 402 g/mol. The van der Waals surface area contributed by atoms with Crippen LogP contribution in [-0.2, 0) is 36.4 Å². The van der Waals surface area contributed by atoms with Crippen molar-refractivity contribution in [3.8, 4) is 0 Å². The molecule has 5 nitrogen and oxygen atoms in total. The van der Waals surface area contributed by atoms with E-state index in [0.29, 0.717) is 23.9 Å². The second kappa shape index (κ2) is 7.95. The smallest absolute Gasteiger partial charge is 0.259 e. The van der Waals surface area contributed by atoms with Gasteiger partial charge in [0.15, 0.2) is 0 Å². The minimum absolute atomic E-state index is 0.0241. The molecule has 0 spiro atoms. The molecule has 0 saturated carbocycles. The van der Waals surface area contributed by atoms with E-state index in [9.17, 15) is 9.59 Å². The number of aromatic nitrogens is 2. The molecule has 0 fully saturated rings. The maximum atomic E-state index is 12.6. The van der Waals surface area contributed by atoms with E-state index in [4.69, 9.17) is 4.98 Å². The predicted octanol–water partition coefficient (Wildman–Crippen LogP) is 3.68. The average molecular weight is 426 g/mol. The molecule has 150 valence electrons. The highest BCUT2D eigenvalue weighted by atomic mass is 32.2. The van der Waals surface area contributed by atoms with E-state index in [2.05, 4.69) is 23.2 Å². The first-order valence-electron chi connectivity index (χ1n) is 10.1. The zero-order valence-corrected chi connectivity index (χ0v) is 17.8. The van der Waals surface area contributed by atoms with Crippen LogP contribution in [0.1, 0.15) is 40.2 Å². The van der Waals surface area contributed by atoms with Gasteiger partial charge in [-0.2, -0.15) is 0 Å². The van der Waals surface area contributed by atoms with Crippen molar-refractivity contribution < 1.29 is 4.79 Å². The molecule has 0 radical (unpaired) electrons. The number of carbonyl (C=O) groups is 1. The Kier molecular flexibility index (Phi) is 5.18. The number of benzene rings is 1. The van der Waals surface area contributed by atoms with Crippen LogP contribution in [0, 0.1) is 0 Å². The molecular formula is C22H23N3O2S2. The van der Waals surface area contributed by atoms with E-state index >= 15 is 0 Å². The van der Waals surface area contributed by atoms with E-state index in [1.165, 1.54) is 39.8 Å². The van der Waals surface area contributed by atoms with Gasteiger partial charge in [-0.3, -0.25) is 9.59 Å². The third-order valence-electron chi connectivity index (χ3n) is 5.82. The molecule has 0 saturated heterocycles. The molecule has 2 aliphatic rings. The van der Waals surface area contributed by atoms with Gasteiger partial charge in [-0.1, -0.05) is 24.3 Å². The number of nitrogens with one attached hydrogen (secondary N) is 1. The highest BCUT2D eigenvalue weighted by Gasteiger charge is 2.21. The Morgan fingerprint density at radius 3 is 2.90 bits per heavy atom. The molecule has 3 heterocycles. The Labute approximate surface area is 177 Å². The van der Waals surface area contributed by atoms with Crippen LogP contribution in [0.4, 0.5) is 0 Å². The van der Waals surface area contributed by atoms with Gasteiger partial charge in [0.25, 0.3) is 5.56 Å². The monoisotopic (exact) mass is 425 g/mol. The lowest BCUT2D eigenvalue weighted by Gasteiger charge is -2.28.